The lowest BCUT2D eigenvalue weighted by molar-refractivity contribution is -0.137. The van der Waals surface area contributed by atoms with Gasteiger partial charge in [-0.05, 0) is 29.8 Å². The average Bonchev–Trinajstić information content (AvgIpc) is 2.41. The Balaban J connectivity index is 2.26. The number of hydrogen-bond acceptors (Lipinski definition) is 1. The molecule has 2 aromatic rings. The molecule has 0 saturated heterocycles. The van der Waals surface area contributed by atoms with Crippen molar-refractivity contribution in [1.82, 2.24) is 0 Å². The van der Waals surface area contributed by atoms with Crippen molar-refractivity contribution in [2.24, 2.45) is 0 Å². The second-order valence-corrected chi connectivity index (χ2v) is 5.75. The van der Waals surface area contributed by atoms with Crippen LogP contribution in [0.25, 0.3) is 0 Å². The largest absolute Gasteiger partial charge is 0.416 e. The predicted molar refractivity (Wildman–Crippen MR) is 78.6 cm³/mol. The average molecular weight is 378 g/mol. The molecule has 6 heteroatoms. The van der Waals surface area contributed by atoms with Gasteiger partial charge in [-0.1, -0.05) is 45.7 Å². The molecule has 0 aliphatic rings. The van der Waals surface area contributed by atoms with Crippen LogP contribution in [0.15, 0.2) is 46.9 Å². The van der Waals surface area contributed by atoms with Crippen molar-refractivity contribution in [2.45, 2.75) is 12.6 Å². The molecule has 0 aromatic heterocycles. The van der Waals surface area contributed by atoms with Gasteiger partial charge in [-0.2, -0.15) is 13.2 Å². The van der Waals surface area contributed by atoms with Crippen LogP contribution in [-0.4, -0.2) is 5.78 Å². The minimum absolute atomic E-state index is 0.139. The first-order chi connectivity index (χ1) is 9.77. The minimum Gasteiger partial charge on any atom is -0.294 e. The number of carbonyl (C=O) groups excluding carboxylic acids is 1. The Morgan fingerprint density at radius 2 is 1.86 bits per heavy atom. The fourth-order valence-electron chi connectivity index (χ4n) is 1.85. The molecular weight excluding hydrogens is 369 g/mol. The molecule has 2 aromatic carbocycles. The maximum atomic E-state index is 12.6. The summed E-state index contributed by atoms with van der Waals surface area (Å²) < 4.78 is 38.6. The predicted octanol–water partition coefficient (Wildman–Crippen LogP) is 5.55. The molecule has 0 heterocycles. The van der Waals surface area contributed by atoms with Gasteiger partial charge < -0.3 is 0 Å². The lowest BCUT2D eigenvalue weighted by atomic mass is 10.0. The number of halogens is 5. The molecule has 0 atom stereocenters. The quantitative estimate of drug-likeness (QED) is 0.641. The molecule has 0 saturated carbocycles. The molecule has 110 valence electrons. The van der Waals surface area contributed by atoms with Crippen LogP contribution in [0.5, 0.6) is 0 Å². The number of Topliss-reactive ketones (excluding diaryl/α,β-unsaturated/α-hetero) is 1. The van der Waals surface area contributed by atoms with E-state index in [-0.39, 0.29) is 22.8 Å². The van der Waals surface area contributed by atoms with Gasteiger partial charge in [0.1, 0.15) is 0 Å². The first kappa shape index (κ1) is 16.0. The van der Waals surface area contributed by atoms with Crippen LogP contribution >= 0.6 is 27.5 Å². The highest BCUT2D eigenvalue weighted by atomic mass is 79.9. The van der Waals surface area contributed by atoms with E-state index in [0.29, 0.717) is 10.0 Å². The normalized spacial score (nSPS) is 11.5. The number of benzene rings is 2. The fourth-order valence-corrected chi connectivity index (χ4v) is 2.43. The Bertz CT molecular complexity index is 683. The molecule has 0 unspecified atom stereocenters. The summed E-state index contributed by atoms with van der Waals surface area (Å²) in [6.45, 7) is 0. The van der Waals surface area contributed by atoms with E-state index >= 15 is 0 Å². The molecule has 1 nitrogen and oxygen atoms in total. The minimum atomic E-state index is -4.42. The molecule has 0 N–H and O–H groups in total. The first-order valence-electron chi connectivity index (χ1n) is 5.92. The van der Waals surface area contributed by atoms with E-state index in [1.54, 1.807) is 18.2 Å². The standard InChI is InChI=1S/C15H9BrClF3O/c16-11-4-5-13(17)12(8-11)14(21)7-9-2-1-3-10(6-9)15(18,19)20/h1-6,8H,7H2. The van der Waals surface area contributed by atoms with Gasteiger partial charge in [0.2, 0.25) is 0 Å². The van der Waals surface area contributed by atoms with Gasteiger partial charge in [0.25, 0.3) is 0 Å². The highest BCUT2D eigenvalue weighted by Gasteiger charge is 2.30. The third kappa shape index (κ3) is 4.08. The molecule has 0 spiro atoms. The summed E-state index contributed by atoms with van der Waals surface area (Å²) in [5.41, 5.74) is -0.192. The summed E-state index contributed by atoms with van der Waals surface area (Å²) in [5, 5.41) is 0.273. The SMILES string of the molecule is O=C(Cc1cccc(C(F)(F)F)c1)c1cc(Br)ccc1Cl. The zero-order valence-corrected chi connectivity index (χ0v) is 12.9. The lowest BCUT2D eigenvalue weighted by Crippen LogP contribution is -2.08. The van der Waals surface area contributed by atoms with E-state index in [2.05, 4.69) is 15.9 Å². The fraction of sp³-hybridized carbons (Fsp3) is 0.133. The van der Waals surface area contributed by atoms with Crippen LogP contribution in [0.2, 0.25) is 5.02 Å². The van der Waals surface area contributed by atoms with Gasteiger partial charge in [-0.15, -0.1) is 0 Å². The van der Waals surface area contributed by atoms with Gasteiger partial charge in [0.15, 0.2) is 5.78 Å². The van der Waals surface area contributed by atoms with Crippen LogP contribution in [0.1, 0.15) is 21.5 Å². The molecule has 0 fully saturated rings. The second kappa shape index (κ2) is 6.20. The van der Waals surface area contributed by atoms with Gasteiger partial charge in [-0.3, -0.25) is 4.79 Å². The number of ketones is 1. The lowest BCUT2D eigenvalue weighted by Gasteiger charge is -2.09. The molecule has 0 aliphatic carbocycles. The topological polar surface area (TPSA) is 17.1 Å². The first-order valence-corrected chi connectivity index (χ1v) is 7.09. The van der Waals surface area contributed by atoms with Crippen molar-refractivity contribution in [3.05, 3.63) is 68.7 Å². The Labute approximate surface area is 132 Å². The highest BCUT2D eigenvalue weighted by Crippen LogP contribution is 2.30. The molecule has 21 heavy (non-hydrogen) atoms. The maximum Gasteiger partial charge on any atom is 0.416 e. The van der Waals surface area contributed by atoms with Crippen LogP contribution in [0, 0.1) is 0 Å². The number of alkyl halides is 3. The zero-order valence-electron chi connectivity index (χ0n) is 10.5. The molecule has 0 bridgehead atoms. The summed E-state index contributed by atoms with van der Waals surface area (Å²) in [6, 6.07) is 9.52. The van der Waals surface area contributed by atoms with Crippen molar-refractivity contribution in [2.75, 3.05) is 0 Å². The van der Waals surface area contributed by atoms with Gasteiger partial charge in [0.05, 0.1) is 10.6 Å². The Morgan fingerprint density at radius 3 is 2.52 bits per heavy atom. The van der Waals surface area contributed by atoms with Gasteiger partial charge in [-0.25, -0.2) is 0 Å². The maximum absolute atomic E-state index is 12.6. The van der Waals surface area contributed by atoms with E-state index < -0.39 is 11.7 Å². The monoisotopic (exact) mass is 376 g/mol. The van der Waals surface area contributed by atoms with E-state index in [1.807, 2.05) is 0 Å². The number of hydrogen-bond donors (Lipinski definition) is 0. The van der Waals surface area contributed by atoms with Gasteiger partial charge in [0, 0.05) is 16.5 Å². The van der Waals surface area contributed by atoms with E-state index in [9.17, 15) is 18.0 Å². The van der Waals surface area contributed by atoms with Gasteiger partial charge >= 0.3 is 6.18 Å². The molecule has 0 amide bonds. The Kier molecular flexibility index (Phi) is 4.74. The zero-order chi connectivity index (χ0) is 15.6. The van der Waals surface area contributed by atoms with Crippen LogP contribution in [0.3, 0.4) is 0 Å². The summed E-state index contributed by atoms with van der Waals surface area (Å²) >= 11 is 9.17. The summed E-state index contributed by atoms with van der Waals surface area (Å²) in [4.78, 5) is 12.2. The third-order valence-electron chi connectivity index (χ3n) is 2.85. The Morgan fingerprint density at radius 1 is 1.14 bits per heavy atom. The molecular formula is C15H9BrClF3O. The van der Waals surface area contributed by atoms with E-state index in [0.717, 1.165) is 12.1 Å². The molecule has 2 rings (SSSR count). The van der Waals surface area contributed by atoms with Crippen LogP contribution in [0.4, 0.5) is 13.2 Å². The summed E-state index contributed by atoms with van der Waals surface area (Å²) in [6.07, 6.45) is -4.56. The number of rotatable bonds is 3. The highest BCUT2D eigenvalue weighted by molar-refractivity contribution is 9.10. The van der Waals surface area contributed by atoms with E-state index in [1.165, 1.54) is 12.1 Å². The van der Waals surface area contributed by atoms with Crippen LogP contribution in [-0.2, 0) is 12.6 Å². The molecule has 0 aliphatic heterocycles. The van der Waals surface area contributed by atoms with Crippen molar-refractivity contribution in [3.8, 4) is 0 Å². The van der Waals surface area contributed by atoms with Crippen molar-refractivity contribution in [3.63, 3.8) is 0 Å². The summed E-state index contributed by atoms with van der Waals surface area (Å²) in [7, 11) is 0. The Hall–Kier alpha value is -1.33. The van der Waals surface area contributed by atoms with Crippen molar-refractivity contribution >= 4 is 33.3 Å². The van der Waals surface area contributed by atoms with Crippen LogP contribution < -0.4 is 0 Å². The van der Waals surface area contributed by atoms with Crippen molar-refractivity contribution < 1.29 is 18.0 Å². The molecule has 0 radical (unpaired) electrons. The smallest absolute Gasteiger partial charge is 0.294 e. The number of carbonyl (C=O) groups is 1. The second-order valence-electron chi connectivity index (χ2n) is 4.42. The summed E-state index contributed by atoms with van der Waals surface area (Å²) in [5.74, 6) is -0.333. The third-order valence-corrected chi connectivity index (χ3v) is 3.67. The van der Waals surface area contributed by atoms with Crippen molar-refractivity contribution in [1.29, 1.82) is 0 Å². The van der Waals surface area contributed by atoms with E-state index in [4.69, 9.17) is 11.6 Å².